The van der Waals surface area contributed by atoms with Gasteiger partial charge >= 0.3 is 0 Å². The molecule has 1 aliphatic heterocycles. The molecule has 0 radical (unpaired) electrons. The summed E-state index contributed by atoms with van der Waals surface area (Å²) >= 11 is 0. The number of hydrogen-bond acceptors (Lipinski definition) is 5. The Morgan fingerprint density at radius 3 is 3.04 bits per heavy atom. The Morgan fingerprint density at radius 1 is 1.43 bits per heavy atom. The van der Waals surface area contributed by atoms with Crippen LogP contribution in [0.3, 0.4) is 0 Å². The van der Waals surface area contributed by atoms with Crippen molar-refractivity contribution in [1.82, 2.24) is 5.32 Å². The van der Waals surface area contributed by atoms with Gasteiger partial charge in [0.2, 0.25) is 5.91 Å². The zero-order valence-corrected chi connectivity index (χ0v) is 14.2. The molecule has 1 fully saturated rings. The van der Waals surface area contributed by atoms with Gasteiger partial charge in [0.05, 0.1) is 19.3 Å². The lowest BCUT2D eigenvalue weighted by molar-refractivity contribution is -0.115. The molecule has 1 amide bonds. The zero-order valence-electron chi connectivity index (χ0n) is 13.4. The first-order valence-electron chi connectivity index (χ1n) is 7.62. The first-order chi connectivity index (χ1) is 10.8. The van der Waals surface area contributed by atoms with E-state index in [1.54, 1.807) is 7.11 Å². The predicted octanol–water partition coefficient (Wildman–Crippen LogP) is 1.84. The van der Waals surface area contributed by atoms with Gasteiger partial charge in [0.25, 0.3) is 0 Å². The third-order valence-corrected chi connectivity index (χ3v) is 3.35. The molecular formula is C16H25ClN2O4. The molecule has 2 rings (SSSR count). The van der Waals surface area contributed by atoms with Crippen LogP contribution >= 0.6 is 12.4 Å². The van der Waals surface area contributed by atoms with Crippen molar-refractivity contribution in [2.45, 2.75) is 18.9 Å². The molecular weight excluding hydrogens is 320 g/mol. The second-order valence-electron chi connectivity index (χ2n) is 5.19. The maximum atomic E-state index is 11.8. The fourth-order valence-corrected chi connectivity index (χ4v) is 2.21. The number of hydrogen-bond donors (Lipinski definition) is 2. The molecule has 1 saturated heterocycles. The largest absolute Gasteiger partial charge is 0.491 e. The molecule has 1 aromatic rings. The van der Waals surface area contributed by atoms with Crippen molar-refractivity contribution in [2.24, 2.45) is 0 Å². The molecule has 6 nitrogen and oxygen atoms in total. The van der Waals surface area contributed by atoms with Crippen LogP contribution < -0.4 is 15.4 Å². The van der Waals surface area contributed by atoms with E-state index in [1.807, 2.05) is 24.3 Å². The standard InChI is InChI=1S/C16H24N2O4.ClH/c1-20-9-7-17-11-16(19)18-13-4-2-5-14(10-13)22-12-15-6-3-8-21-15;/h2,4-5,10,15,17H,3,6-9,11-12H2,1H3,(H,18,19);1H. The van der Waals surface area contributed by atoms with Crippen LogP contribution in [0.25, 0.3) is 0 Å². The number of carbonyl (C=O) groups is 1. The molecule has 0 bridgehead atoms. The van der Waals surface area contributed by atoms with E-state index >= 15 is 0 Å². The lowest BCUT2D eigenvalue weighted by Gasteiger charge is -2.12. The van der Waals surface area contributed by atoms with Crippen LogP contribution in [0.1, 0.15) is 12.8 Å². The Balaban J connectivity index is 0.00000264. The molecule has 0 aliphatic carbocycles. The van der Waals surface area contributed by atoms with Crippen molar-refractivity contribution in [3.05, 3.63) is 24.3 Å². The molecule has 2 N–H and O–H groups in total. The zero-order chi connectivity index (χ0) is 15.6. The monoisotopic (exact) mass is 344 g/mol. The molecule has 0 aromatic heterocycles. The van der Waals surface area contributed by atoms with Gasteiger partial charge in [-0.3, -0.25) is 4.79 Å². The smallest absolute Gasteiger partial charge is 0.238 e. The van der Waals surface area contributed by atoms with Gasteiger partial charge in [0.1, 0.15) is 12.4 Å². The van der Waals surface area contributed by atoms with Crippen molar-refractivity contribution >= 4 is 24.0 Å². The lowest BCUT2D eigenvalue weighted by atomic mass is 10.2. The molecule has 23 heavy (non-hydrogen) atoms. The van der Waals surface area contributed by atoms with E-state index in [4.69, 9.17) is 14.2 Å². The normalized spacial score (nSPS) is 16.7. The lowest BCUT2D eigenvalue weighted by Crippen LogP contribution is -2.30. The summed E-state index contributed by atoms with van der Waals surface area (Å²) in [5.41, 5.74) is 0.725. The minimum atomic E-state index is -0.0904. The number of nitrogens with one attached hydrogen (secondary N) is 2. The summed E-state index contributed by atoms with van der Waals surface area (Å²) in [6.45, 7) is 2.86. The number of benzene rings is 1. The van der Waals surface area contributed by atoms with Crippen LogP contribution in [-0.2, 0) is 14.3 Å². The number of ether oxygens (including phenoxy) is 3. The second-order valence-corrected chi connectivity index (χ2v) is 5.19. The van der Waals surface area contributed by atoms with E-state index in [9.17, 15) is 4.79 Å². The first kappa shape index (κ1) is 19.7. The van der Waals surface area contributed by atoms with Gasteiger partial charge in [-0.25, -0.2) is 0 Å². The average molecular weight is 345 g/mol. The van der Waals surface area contributed by atoms with Crippen LogP contribution in [0.5, 0.6) is 5.75 Å². The summed E-state index contributed by atoms with van der Waals surface area (Å²) in [7, 11) is 1.63. The van der Waals surface area contributed by atoms with Crippen molar-refractivity contribution < 1.29 is 19.0 Å². The number of carbonyl (C=O) groups excluding carboxylic acids is 1. The van der Waals surface area contributed by atoms with E-state index in [0.29, 0.717) is 19.8 Å². The summed E-state index contributed by atoms with van der Waals surface area (Å²) in [4.78, 5) is 11.8. The van der Waals surface area contributed by atoms with Crippen LogP contribution in [0.15, 0.2) is 24.3 Å². The maximum Gasteiger partial charge on any atom is 0.238 e. The number of amides is 1. The summed E-state index contributed by atoms with van der Waals surface area (Å²) < 4.78 is 16.1. The fourth-order valence-electron chi connectivity index (χ4n) is 2.21. The Morgan fingerprint density at radius 2 is 2.30 bits per heavy atom. The van der Waals surface area contributed by atoms with Crippen molar-refractivity contribution in [3.63, 3.8) is 0 Å². The molecule has 1 aliphatic rings. The highest BCUT2D eigenvalue weighted by atomic mass is 35.5. The third kappa shape index (κ3) is 7.65. The van der Waals surface area contributed by atoms with E-state index in [-0.39, 0.29) is 31.0 Å². The SMILES string of the molecule is COCCNCC(=O)Nc1cccc(OCC2CCCO2)c1.Cl. The van der Waals surface area contributed by atoms with Crippen molar-refractivity contribution in [1.29, 1.82) is 0 Å². The Labute approximate surface area is 143 Å². The molecule has 1 heterocycles. The first-order valence-corrected chi connectivity index (χ1v) is 7.62. The fraction of sp³-hybridized carbons (Fsp3) is 0.562. The Bertz CT molecular complexity index is 467. The quantitative estimate of drug-likeness (QED) is 0.669. The third-order valence-electron chi connectivity index (χ3n) is 3.35. The summed E-state index contributed by atoms with van der Waals surface area (Å²) in [5, 5.41) is 5.83. The highest BCUT2D eigenvalue weighted by Crippen LogP contribution is 2.19. The second kappa shape index (κ2) is 11.2. The van der Waals surface area contributed by atoms with Gasteiger partial charge in [-0.1, -0.05) is 6.07 Å². The van der Waals surface area contributed by atoms with Gasteiger partial charge in [0, 0.05) is 32.0 Å². The molecule has 0 spiro atoms. The van der Waals surface area contributed by atoms with Gasteiger partial charge in [-0.05, 0) is 25.0 Å². The molecule has 7 heteroatoms. The van der Waals surface area contributed by atoms with Gasteiger partial charge in [-0.2, -0.15) is 0 Å². The number of anilines is 1. The molecule has 1 aromatic carbocycles. The maximum absolute atomic E-state index is 11.8. The Hall–Kier alpha value is -1.34. The van der Waals surface area contributed by atoms with Gasteiger partial charge in [0.15, 0.2) is 0 Å². The minimum absolute atomic E-state index is 0. The molecule has 0 saturated carbocycles. The van der Waals surface area contributed by atoms with Crippen molar-refractivity contribution in [3.8, 4) is 5.75 Å². The van der Waals surface area contributed by atoms with E-state index < -0.39 is 0 Å². The number of halogens is 1. The average Bonchev–Trinajstić information content (AvgIpc) is 3.03. The molecule has 1 atom stereocenters. The van der Waals surface area contributed by atoms with Crippen LogP contribution in [0.2, 0.25) is 0 Å². The topological polar surface area (TPSA) is 68.8 Å². The summed E-state index contributed by atoms with van der Waals surface area (Å²) in [6.07, 6.45) is 2.33. The highest BCUT2D eigenvalue weighted by molar-refractivity contribution is 5.92. The highest BCUT2D eigenvalue weighted by Gasteiger charge is 2.16. The number of methoxy groups -OCH3 is 1. The Kier molecular flexibility index (Phi) is 9.63. The summed E-state index contributed by atoms with van der Waals surface area (Å²) in [6, 6.07) is 7.40. The predicted molar refractivity (Wildman–Crippen MR) is 91.5 cm³/mol. The molecule has 130 valence electrons. The number of rotatable bonds is 9. The van der Waals surface area contributed by atoms with E-state index in [0.717, 1.165) is 30.9 Å². The van der Waals surface area contributed by atoms with Gasteiger partial charge in [-0.15, -0.1) is 12.4 Å². The van der Waals surface area contributed by atoms with E-state index in [1.165, 1.54) is 0 Å². The molecule has 1 unspecified atom stereocenters. The summed E-state index contributed by atoms with van der Waals surface area (Å²) in [5.74, 6) is 0.646. The van der Waals surface area contributed by atoms with Crippen LogP contribution in [0, 0.1) is 0 Å². The van der Waals surface area contributed by atoms with Gasteiger partial charge < -0.3 is 24.8 Å². The van der Waals surface area contributed by atoms with Crippen LogP contribution in [0.4, 0.5) is 5.69 Å². The van der Waals surface area contributed by atoms with Crippen molar-refractivity contribution in [2.75, 3.05) is 45.3 Å². The minimum Gasteiger partial charge on any atom is -0.491 e. The van der Waals surface area contributed by atoms with Crippen LogP contribution in [-0.4, -0.2) is 52.0 Å². The van der Waals surface area contributed by atoms with E-state index in [2.05, 4.69) is 10.6 Å².